The number of aliphatic imine (C=N–C) groups is 1. The molecule has 7 heteroatoms. The van der Waals surface area contributed by atoms with E-state index in [4.69, 9.17) is 0 Å². The lowest BCUT2D eigenvalue weighted by molar-refractivity contribution is 0.555. The van der Waals surface area contributed by atoms with Crippen molar-refractivity contribution in [3.63, 3.8) is 0 Å². The van der Waals surface area contributed by atoms with Gasteiger partial charge in [-0.2, -0.15) is 5.10 Å². The number of nitrogens with zero attached hydrogens (tertiary/aromatic N) is 3. The summed E-state index contributed by atoms with van der Waals surface area (Å²) in [7, 11) is 0. The van der Waals surface area contributed by atoms with Crippen molar-refractivity contribution in [3.05, 3.63) is 53.1 Å². The summed E-state index contributed by atoms with van der Waals surface area (Å²) >= 11 is 0. The number of aryl methyl sites for hydroxylation is 3. The van der Waals surface area contributed by atoms with Crippen LogP contribution in [0.15, 0.2) is 35.3 Å². The van der Waals surface area contributed by atoms with Crippen LogP contribution < -0.4 is 10.6 Å². The number of benzene rings is 1. The fourth-order valence-electron chi connectivity index (χ4n) is 2.44. The minimum absolute atomic E-state index is 0. The summed E-state index contributed by atoms with van der Waals surface area (Å²) < 4.78 is 14.9. The Labute approximate surface area is 166 Å². The molecule has 2 N–H and O–H groups in total. The predicted octanol–water partition coefficient (Wildman–Crippen LogP) is 3.40. The number of rotatable bonds is 7. The maximum Gasteiger partial charge on any atom is 0.191 e. The zero-order valence-electron chi connectivity index (χ0n) is 15.1. The lowest BCUT2D eigenvalue weighted by atomic mass is 10.2. The van der Waals surface area contributed by atoms with E-state index in [9.17, 15) is 4.39 Å². The van der Waals surface area contributed by atoms with Crippen molar-refractivity contribution in [3.8, 4) is 0 Å². The van der Waals surface area contributed by atoms with Gasteiger partial charge in [0, 0.05) is 25.3 Å². The molecule has 0 saturated carbocycles. The summed E-state index contributed by atoms with van der Waals surface area (Å²) in [5, 5.41) is 11.0. The molecule has 1 aromatic carbocycles. The molecular formula is C18H27FIN5. The molecule has 0 aliphatic heterocycles. The normalized spacial score (nSPS) is 11.1. The molecule has 0 saturated heterocycles. The Morgan fingerprint density at radius 1 is 1.20 bits per heavy atom. The van der Waals surface area contributed by atoms with Gasteiger partial charge >= 0.3 is 0 Å². The van der Waals surface area contributed by atoms with E-state index >= 15 is 0 Å². The summed E-state index contributed by atoms with van der Waals surface area (Å²) in [6, 6.07) is 8.51. The first-order valence-electron chi connectivity index (χ1n) is 8.36. The van der Waals surface area contributed by atoms with Gasteiger partial charge in [0.05, 0.1) is 12.2 Å². The van der Waals surface area contributed by atoms with E-state index in [0.29, 0.717) is 6.54 Å². The van der Waals surface area contributed by atoms with Crippen LogP contribution in [0, 0.1) is 19.7 Å². The maximum absolute atomic E-state index is 12.9. The van der Waals surface area contributed by atoms with Gasteiger partial charge in [0.1, 0.15) is 5.82 Å². The highest BCUT2D eigenvalue weighted by molar-refractivity contribution is 14.0. The molecule has 2 rings (SSSR count). The van der Waals surface area contributed by atoms with Crippen molar-refractivity contribution < 1.29 is 4.39 Å². The summed E-state index contributed by atoms with van der Waals surface area (Å²) in [6.07, 6.45) is 0.961. The second-order valence-corrected chi connectivity index (χ2v) is 5.75. The fraction of sp³-hybridized carbons (Fsp3) is 0.444. The Kier molecular flexibility index (Phi) is 9.48. The van der Waals surface area contributed by atoms with Crippen LogP contribution in [0.4, 0.5) is 4.39 Å². The molecule has 0 radical (unpaired) electrons. The molecule has 2 aromatic rings. The van der Waals surface area contributed by atoms with Crippen LogP contribution in [0.25, 0.3) is 0 Å². The van der Waals surface area contributed by atoms with Crippen molar-refractivity contribution in [2.45, 2.75) is 40.3 Å². The Balaban J connectivity index is 0.00000312. The van der Waals surface area contributed by atoms with Gasteiger partial charge < -0.3 is 10.6 Å². The summed E-state index contributed by atoms with van der Waals surface area (Å²) in [6.45, 7) is 9.12. The molecule has 25 heavy (non-hydrogen) atoms. The molecule has 0 aliphatic rings. The molecule has 0 unspecified atom stereocenters. The van der Waals surface area contributed by atoms with Crippen LogP contribution in [0.2, 0.25) is 0 Å². The quantitative estimate of drug-likeness (QED) is 0.289. The molecule has 0 aliphatic carbocycles. The topological polar surface area (TPSA) is 54.2 Å². The van der Waals surface area contributed by atoms with Gasteiger partial charge in [-0.15, -0.1) is 24.0 Å². The lowest BCUT2D eigenvalue weighted by Gasteiger charge is -2.11. The largest absolute Gasteiger partial charge is 0.357 e. The first kappa shape index (κ1) is 21.4. The molecule has 5 nitrogen and oxygen atoms in total. The van der Waals surface area contributed by atoms with Crippen molar-refractivity contribution in [1.82, 2.24) is 20.4 Å². The minimum Gasteiger partial charge on any atom is -0.357 e. The minimum atomic E-state index is -0.225. The van der Waals surface area contributed by atoms with Crippen LogP contribution in [0.3, 0.4) is 0 Å². The third kappa shape index (κ3) is 7.41. The molecule has 1 heterocycles. The predicted molar refractivity (Wildman–Crippen MR) is 111 cm³/mol. The Hall–Kier alpha value is -1.64. The first-order valence-corrected chi connectivity index (χ1v) is 8.36. The summed E-state index contributed by atoms with van der Waals surface area (Å²) in [5.74, 6) is 0.548. The molecule has 0 bridgehead atoms. The van der Waals surface area contributed by atoms with Gasteiger partial charge in [-0.1, -0.05) is 12.1 Å². The Morgan fingerprint density at radius 3 is 2.52 bits per heavy atom. The van der Waals surface area contributed by atoms with E-state index in [-0.39, 0.29) is 29.8 Å². The SMILES string of the molecule is CCNC(=NCc1ccc(F)cc1)NCCCn1nc(C)cc1C.I. The van der Waals surface area contributed by atoms with E-state index in [1.165, 1.54) is 17.8 Å². The number of hydrogen-bond acceptors (Lipinski definition) is 2. The number of hydrogen-bond donors (Lipinski definition) is 2. The van der Waals surface area contributed by atoms with Gasteiger partial charge in [0.15, 0.2) is 5.96 Å². The van der Waals surface area contributed by atoms with Crippen molar-refractivity contribution in [2.24, 2.45) is 4.99 Å². The smallest absolute Gasteiger partial charge is 0.191 e. The molecule has 0 amide bonds. The van der Waals surface area contributed by atoms with Gasteiger partial charge in [-0.3, -0.25) is 4.68 Å². The highest BCUT2D eigenvalue weighted by Crippen LogP contribution is 2.04. The molecular weight excluding hydrogens is 432 g/mol. The van der Waals surface area contributed by atoms with Gasteiger partial charge in [0.2, 0.25) is 0 Å². The first-order chi connectivity index (χ1) is 11.6. The monoisotopic (exact) mass is 459 g/mol. The summed E-state index contributed by atoms with van der Waals surface area (Å²) in [4.78, 5) is 4.53. The molecule has 138 valence electrons. The third-order valence-electron chi connectivity index (χ3n) is 3.62. The number of nitrogens with one attached hydrogen (secondary N) is 2. The molecule has 0 fully saturated rings. The number of aromatic nitrogens is 2. The highest BCUT2D eigenvalue weighted by Gasteiger charge is 2.01. The van der Waals surface area contributed by atoms with Crippen LogP contribution in [0.1, 0.15) is 30.3 Å². The van der Waals surface area contributed by atoms with E-state index in [1.807, 2.05) is 18.5 Å². The summed E-state index contributed by atoms with van der Waals surface area (Å²) in [5.41, 5.74) is 3.22. The highest BCUT2D eigenvalue weighted by atomic mass is 127. The average Bonchev–Trinajstić information content (AvgIpc) is 2.88. The third-order valence-corrected chi connectivity index (χ3v) is 3.62. The molecule has 0 spiro atoms. The maximum atomic E-state index is 12.9. The molecule has 1 aromatic heterocycles. The zero-order valence-corrected chi connectivity index (χ0v) is 17.4. The van der Waals surface area contributed by atoms with E-state index in [1.54, 1.807) is 12.1 Å². The van der Waals surface area contributed by atoms with Crippen molar-refractivity contribution in [1.29, 1.82) is 0 Å². The van der Waals surface area contributed by atoms with E-state index in [0.717, 1.165) is 43.3 Å². The van der Waals surface area contributed by atoms with Gasteiger partial charge in [-0.05, 0) is 51.0 Å². The van der Waals surface area contributed by atoms with Crippen molar-refractivity contribution >= 4 is 29.9 Å². The van der Waals surface area contributed by atoms with Gasteiger partial charge in [0.25, 0.3) is 0 Å². The Morgan fingerprint density at radius 2 is 1.92 bits per heavy atom. The second-order valence-electron chi connectivity index (χ2n) is 5.75. The van der Waals surface area contributed by atoms with Crippen LogP contribution in [0.5, 0.6) is 0 Å². The van der Waals surface area contributed by atoms with Crippen LogP contribution in [-0.2, 0) is 13.1 Å². The number of guanidine groups is 1. The standard InChI is InChI=1S/C18H26FN5.HI/c1-4-20-18(22-13-16-6-8-17(19)9-7-16)21-10-5-11-24-15(3)12-14(2)23-24;/h6-9,12H,4-5,10-11,13H2,1-3H3,(H2,20,21,22);1H. The van der Waals surface area contributed by atoms with E-state index in [2.05, 4.69) is 33.7 Å². The fourth-order valence-corrected chi connectivity index (χ4v) is 2.44. The van der Waals surface area contributed by atoms with Crippen LogP contribution in [-0.4, -0.2) is 28.8 Å². The number of halogens is 2. The average molecular weight is 459 g/mol. The molecule has 0 atom stereocenters. The van der Waals surface area contributed by atoms with Crippen molar-refractivity contribution in [2.75, 3.05) is 13.1 Å². The Bertz CT molecular complexity index is 667. The second kappa shape index (κ2) is 11.1. The van der Waals surface area contributed by atoms with E-state index < -0.39 is 0 Å². The zero-order chi connectivity index (χ0) is 17.4. The van der Waals surface area contributed by atoms with Gasteiger partial charge in [-0.25, -0.2) is 9.38 Å². The van der Waals surface area contributed by atoms with Crippen LogP contribution >= 0.6 is 24.0 Å². The lowest BCUT2D eigenvalue weighted by Crippen LogP contribution is -2.38.